The summed E-state index contributed by atoms with van der Waals surface area (Å²) < 4.78 is 0. The number of hydrogen-bond donors (Lipinski definition) is 0. The monoisotopic (exact) mass is 342 g/mol. The Morgan fingerprint density at radius 1 is 1.08 bits per heavy atom. The van der Waals surface area contributed by atoms with Crippen LogP contribution in [0.3, 0.4) is 0 Å². The number of nitrogens with zero attached hydrogens (tertiary/aromatic N) is 2. The number of carbonyl (C=O) groups excluding carboxylic acids is 2. The van der Waals surface area contributed by atoms with Crippen molar-refractivity contribution in [1.29, 1.82) is 0 Å². The van der Waals surface area contributed by atoms with Gasteiger partial charge in [0, 0.05) is 44.4 Å². The van der Waals surface area contributed by atoms with Gasteiger partial charge in [0.2, 0.25) is 11.8 Å². The molecule has 2 aliphatic rings. The first kappa shape index (κ1) is 18.0. The number of likely N-dealkylation sites (tertiary alicyclic amines) is 2. The number of hydrogen-bond acceptors (Lipinski definition) is 2. The van der Waals surface area contributed by atoms with Gasteiger partial charge < -0.3 is 9.80 Å². The summed E-state index contributed by atoms with van der Waals surface area (Å²) in [4.78, 5) is 28.7. The van der Waals surface area contributed by atoms with E-state index in [1.165, 1.54) is 5.56 Å². The second-order valence-electron chi connectivity index (χ2n) is 7.45. The fourth-order valence-corrected chi connectivity index (χ4v) is 4.59. The molecule has 0 aliphatic carbocycles. The van der Waals surface area contributed by atoms with Gasteiger partial charge in [0.25, 0.3) is 0 Å². The van der Waals surface area contributed by atoms with E-state index in [-0.39, 0.29) is 11.8 Å². The summed E-state index contributed by atoms with van der Waals surface area (Å²) in [6, 6.07) is 11.0. The maximum atomic E-state index is 13.2. The number of carbonyl (C=O) groups is 2. The van der Waals surface area contributed by atoms with E-state index in [2.05, 4.69) is 42.2 Å². The minimum absolute atomic E-state index is 0.0875. The molecule has 4 nitrogen and oxygen atoms in total. The Balaban J connectivity index is 1.69. The Kier molecular flexibility index (Phi) is 5.77. The van der Waals surface area contributed by atoms with Gasteiger partial charge in [-0.1, -0.05) is 37.3 Å². The quantitative estimate of drug-likeness (QED) is 0.841. The van der Waals surface area contributed by atoms with Crippen molar-refractivity contribution in [3.8, 4) is 0 Å². The van der Waals surface area contributed by atoms with Crippen molar-refractivity contribution in [2.45, 2.75) is 57.9 Å². The number of rotatable bonds is 4. The Morgan fingerprint density at radius 2 is 1.76 bits per heavy atom. The minimum atomic E-state index is 0.0875. The van der Waals surface area contributed by atoms with Gasteiger partial charge in [0.1, 0.15) is 0 Å². The fraction of sp³-hybridized carbons (Fsp3) is 0.619. The summed E-state index contributed by atoms with van der Waals surface area (Å²) in [6.45, 7) is 6.17. The van der Waals surface area contributed by atoms with Crippen LogP contribution in [-0.2, 0) is 9.59 Å². The molecule has 2 aliphatic heterocycles. The molecule has 25 heavy (non-hydrogen) atoms. The van der Waals surface area contributed by atoms with Gasteiger partial charge in [-0.3, -0.25) is 9.59 Å². The Labute approximate surface area is 151 Å². The predicted molar refractivity (Wildman–Crippen MR) is 99.2 cm³/mol. The molecule has 0 radical (unpaired) electrons. The molecule has 0 unspecified atom stereocenters. The first-order valence-corrected chi connectivity index (χ1v) is 9.72. The molecule has 0 N–H and O–H groups in total. The molecule has 0 aromatic heterocycles. The van der Waals surface area contributed by atoms with Crippen molar-refractivity contribution in [2.75, 3.05) is 19.6 Å². The Hall–Kier alpha value is -1.84. The molecule has 3 rings (SSSR count). The lowest BCUT2D eigenvalue weighted by Gasteiger charge is -2.37. The van der Waals surface area contributed by atoms with Crippen LogP contribution in [0.15, 0.2) is 30.3 Å². The van der Waals surface area contributed by atoms with E-state index in [9.17, 15) is 9.59 Å². The van der Waals surface area contributed by atoms with E-state index in [0.29, 0.717) is 17.9 Å². The zero-order valence-corrected chi connectivity index (χ0v) is 15.5. The third kappa shape index (κ3) is 3.88. The van der Waals surface area contributed by atoms with Crippen molar-refractivity contribution in [3.05, 3.63) is 35.9 Å². The van der Waals surface area contributed by atoms with E-state index in [0.717, 1.165) is 51.7 Å². The largest absolute Gasteiger partial charge is 0.343 e. The molecule has 2 saturated heterocycles. The summed E-state index contributed by atoms with van der Waals surface area (Å²) in [7, 11) is 0. The molecule has 0 bridgehead atoms. The van der Waals surface area contributed by atoms with Gasteiger partial charge in [-0.25, -0.2) is 0 Å². The van der Waals surface area contributed by atoms with E-state index < -0.39 is 0 Å². The van der Waals surface area contributed by atoms with Crippen LogP contribution < -0.4 is 0 Å². The van der Waals surface area contributed by atoms with Gasteiger partial charge in [0.05, 0.1) is 0 Å². The van der Waals surface area contributed by atoms with Gasteiger partial charge in [-0.05, 0) is 37.7 Å². The second-order valence-corrected chi connectivity index (χ2v) is 7.45. The highest BCUT2D eigenvalue weighted by Gasteiger charge is 2.38. The van der Waals surface area contributed by atoms with Gasteiger partial charge in [-0.2, -0.15) is 0 Å². The summed E-state index contributed by atoms with van der Waals surface area (Å²) in [5, 5.41) is 0. The number of piperidine rings is 1. The minimum Gasteiger partial charge on any atom is -0.343 e. The zero-order valence-electron chi connectivity index (χ0n) is 15.5. The third-order valence-corrected chi connectivity index (χ3v) is 6.00. The lowest BCUT2D eigenvalue weighted by molar-refractivity contribution is -0.141. The molecule has 136 valence electrons. The van der Waals surface area contributed by atoms with Crippen molar-refractivity contribution in [1.82, 2.24) is 9.80 Å². The van der Waals surface area contributed by atoms with Crippen molar-refractivity contribution in [2.24, 2.45) is 5.92 Å². The molecule has 4 heteroatoms. The van der Waals surface area contributed by atoms with Crippen molar-refractivity contribution >= 4 is 11.8 Å². The molecule has 2 atom stereocenters. The lowest BCUT2D eigenvalue weighted by atomic mass is 9.86. The van der Waals surface area contributed by atoms with Crippen LogP contribution in [0.5, 0.6) is 0 Å². The van der Waals surface area contributed by atoms with Crippen LogP contribution in [0.25, 0.3) is 0 Å². The second kappa shape index (κ2) is 8.03. The molecule has 2 heterocycles. The molecule has 1 aromatic carbocycles. The zero-order chi connectivity index (χ0) is 17.8. The van der Waals surface area contributed by atoms with E-state index >= 15 is 0 Å². The maximum absolute atomic E-state index is 13.2. The molecular formula is C21H30N2O2. The van der Waals surface area contributed by atoms with E-state index in [1.807, 2.05) is 4.90 Å². The van der Waals surface area contributed by atoms with Crippen LogP contribution >= 0.6 is 0 Å². The predicted octanol–water partition coefficient (Wildman–Crippen LogP) is 3.43. The average molecular weight is 342 g/mol. The summed E-state index contributed by atoms with van der Waals surface area (Å²) in [5.41, 5.74) is 1.35. The van der Waals surface area contributed by atoms with Gasteiger partial charge >= 0.3 is 0 Å². The highest BCUT2D eigenvalue weighted by atomic mass is 16.2. The maximum Gasteiger partial charge on any atom is 0.226 e. The van der Waals surface area contributed by atoms with Crippen LogP contribution in [0.4, 0.5) is 0 Å². The Morgan fingerprint density at radius 3 is 2.36 bits per heavy atom. The molecule has 0 spiro atoms. The highest BCUT2D eigenvalue weighted by Crippen LogP contribution is 2.35. The smallest absolute Gasteiger partial charge is 0.226 e. The highest BCUT2D eigenvalue weighted by molar-refractivity contribution is 5.80. The first-order valence-electron chi connectivity index (χ1n) is 9.72. The van der Waals surface area contributed by atoms with Crippen LogP contribution in [0.2, 0.25) is 0 Å². The standard InChI is InChI=1S/C21H30N2O2/c1-3-19(17-8-5-4-6-9-17)20-10-7-13-23(20)21(25)18-11-14-22(15-12-18)16(2)24/h4-6,8-9,18-20H,3,7,10-15H2,1-2H3/t19-,20-/m0/s1. The van der Waals surface area contributed by atoms with Crippen LogP contribution in [0, 0.1) is 5.92 Å². The third-order valence-electron chi connectivity index (χ3n) is 6.00. The molecular weight excluding hydrogens is 312 g/mol. The summed E-state index contributed by atoms with van der Waals surface area (Å²) in [5.74, 6) is 0.953. The van der Waals surface area contributed by atoms with Crippen LogP contribution in [-0.4, -0.2) is 47.3 Å². The van der Waals surface area contributed by atoms with E-state index in [4.69, 9.17) is 0 Å². The normalized spacial score (nSPS) is 22.9. The van der Waals surface area contributed by atoms with Crippen LogP contribution in [0.1, 0.15) is 57.4 Å². The molecule has 2 amide bonds. The first-order chi connectivity index (χ1) is 12.1. The van der Waals surface area contributed by atoms with Gasteiger partial charge in [-0.15, -0.1) is 0 Å². The molecule has 0 saturated carbocycles. The summed E-state index contributed by atoms with van der Waals surface area (Å²) >= 11 is 0. The van der Waals surface area contributed by atoms with E-state index in [1.54, 1.807) is 6.92 Å². The topological polar surface area (TPSA) is 40.6 Å². The van der Waals surface area contributed by atoms with Crippen molar-refractivity contribution in [3.63, 3.8) is 0 Å². The van der Waals surface area contributed by atoms with Crippen molar-refractivity contribution < 1.29 is 9.59 Å². The lowest BCUT2D eigenvalue weighted by Crippen LogP contribution is -2.46. The fourth-order valence-electron chi connectivity index (χ4n) is 4.59. The number of benzene rings is 1. The SMILES string of the molecule is CC[C@@H](c1ccccc1)[C@@H]1CCCN1C(=O)C1CCN(C(C)=O)CC1. The molecule has 2 fully saturated rings. The summed E-state index contributed by atoms with van der Waals surface area (Å²) in [6.07, 6.45) is 4.88. The Bertz CT molecular complexity index is 593. The number of amides is 2. The molecule has 1 aromatic rings. The van der Waals surface area contributed by atoms with Gasteiger partial charge in [0.15, 0.2) is 0 Å². The average Bonchev–Trinajstić information content (AvgIpc) is 3.12.